The van der Waals surface area contributed by atoms with Gasteiger partial charge in [0.15, 0.2) is 12.7 Å². The number of aromatic nitrogens is 1. The third-order valence-electron chi connectivity index (χ3n) is 6.72. The fourth-order valence-electron chi connectivity index (χ4n) is 5.27. The van der Waals surface area contributed by atoms with E-state index in [9.17, 15) is 0 Å². The Hall–Kier alpha value is -3.97. The molecule has 0 amide bonds. The Labute approximate surface area is 180 Å². The number of hydrogen-bond acceptors (Lipinski definition) is 0. The molecule has 0 unspecified atom stereocenters. The van der Waals surface area contributed by atoms with Crippen LogP contribution in [0.15, 0.2) is 109 Å². The molecule has 1 nitrogen and oxygen atoms in total. The Morgan fingerprint density at radius 1 is 0.484 bits per heavy atom. The summed E-state index contributed by atoms with van der Waals surface area (Å²) in [5.74, 6) is 0. The van der Waals surface area contributed by atoms with Gasteiger partial charge in [0.2, 0.25) is 5.69 Å². The minimum absolute atomic E-state index is 0.919. The van der Waals surface area contributed by atoms with Crippen LogP contribution in [-0.4, -0.2) is 0 Å². The van der Waals surface area contributed by atoms with E-state index < -0.39 is 0 Å². The van der Waals surface area contributed by atoms with Crippen molar-refractivity contribution >= 4 is 32.3 Å². The van der Waals surface area contributed by atoms with Crippen molar-refractivity contribution in [1.82, 2.24) is 0 Å². The van der Waals surface area contributed by atoms with Crippen LogP contribution in [0.3, 0.4) is 0 Å². The summed E-state index contributed by atoms with van der Waals surface area (Å²) in [5, 5.41) is 7.97. The van der Waals surface area contributed by atoms with E-state index in [2.05, 4.69) is 114 Å². The molecule has 1 heteroatoms. The lowest BCUT2D eigenvalue weighted by molar-refractivity contribution is -0.670. The van der Waals surface area contributed by atoms with Crippen LogP contribution < -0.4 is 4.57 Å². The molecule has 6 aromatic rings. The van der Waals surface area contributed by atoms with Gasteiger partial charge in [-0.05, 0) is 44.8 Å². The summed E-state index contributed by atoms with van der Waals surface area (Å²) in [6, 6.07) is 37.6. The Bertz CT molecular complexity index is 1640. The molecule has 31 heavy (non-hydrogen) atoms. The summed E-state index contributed by atoms with van der Waals surface area (Å²) in [5.41, 5.74) is 6.60. The van der Waals surface area contributed by atoms with Crippen LogP contribution in [0.4, 0.5) is 0 Å². The fourth-order valence-corrected chi connectivity index (χ4v) is 5.27. The third kappa shape index (κ3) is 2.41. The molecule has 7 rings (SSSR count). The van der Waals surface area contributed by atoms with Crippen molar-refractivity contribution in [3.8, 4) is 22.4 Å². The number of pyridine rings is 1. The van der Waals surface area contributed by atoms with Crippen LogP contribution in [0.2, 0.25) is 0 Å². The fraction of sp³-hybridized carbons (Fsp3) is 0.0333. The van der Waals surface area contributed by atoms with Gasteiger partial charge in [-0.15, -0.1) is 0 Å². The summed E-state index contributed by atoms with van der Waals surface area (Å²) in [6.45, 7) is 0.919. The van der Waals surface area contributed by atoms with Crippen LogP contribution in [0, 0.1) is 0 Å². The van der Waals surface area contributed by atoms with E-state index in [-0.39, 0.29) is 0 Å². The molecule has 1 aliphatic heterocycles. The lowest BCUT2D eigenvalue weighted by Gasteiger charge is -2.09. The summed E-state index contributed by atoms with van der Waals surface area (Å²) >= 11 is 0. The van der Waals surface area contributed by atoms with Crippen molar-refractivity contribution in [2.24, 2.45) is 0 Å². The highest BCUT2D eigenvalue weighted by Gasteiger charge is 2.28. The first-order valence-corrected chi connectivity index (χ1v) is 10.8. The molecule has 5 aromatic carbocycles. The Morgan fingerprint density at radius 2 is 1.10 bits per heavy atom. The molecule has 0 atom stereocenters. The van der Waals surface area contributed by atoms with Crippen molar-refractivity contribution in [2.75, 3.05) is 0 Å². The maximum absolute atomic E-state index is 2.42. The second kappa shape index (κ2) is 6.26. The topological polar surface area (TPSA) is 3.88 Å². The summed E-state index contributed by atoms with van der Waals surface area (Å²) in [7, 11) is 0. The van der Waals surface area contributed by atoms with Gasteiger partial charge in [-0.1, -0.05) is 84.9 Å². The zero-order valence-electron chi connectivity index (χ0n) is 17.0. The maximum Gasteiger partial charge on any atom is 0.213 e. The molecule has 0 bridgehead atoms. The molecule has 1 aliphatic rings. The normalized spacial score (nSPS) is 12.4. The van der Waals surface area contributed by atoms with Crippen molar-refractivity contribution < 1.29 is 4.57 Å². The minimum Gasteiger partial charge on any atom is -0.193 e. The lowest BCUT2D eigenvalue weighted by atomic mass is 9.94. The Morgan fingerprint density at radius 3 is 1.81 bits per heavy atom. The zero-order chi connectivity index (χ0) is 20.4. The molecule has 0 fully saturated rings. The number of hydrogen-bond donors (Lipinski definition) is 0. The van der Waals surface area contributed by atoms with Crippen LogP contribution in [0.1, 0.15) is 5.56 Å². The number of benzene rings is 5. The second-order valence-corrected chi connectivity index (χ2v) is 8.44. The van der Waals surface area contributed by atoms with E-state index in [1.807, 2.05) is 0 Å². The van der Waals surface area contributed by atoms with E-state index in [1.165, 1.54) is 60.3 Å². The van der Waals surface area contributed by atoms with Crippen LogP contribution >= 0.6 is 0 Å². The first-order chi connectivity index (χ1) is 15.4. The quantitative estimate of drug-likeness (QED) is 0.206. The van der Waals surface area contributed by atoms with Crippen molar-refractivity contribution in [3.05, 3.63) is 115 Å². The van der Waals surface area contributed by atoms with Gasteiger partial charge in [0.25, 0.3) is 0 Å². The van der Waals surface area contributed by atoms with Gasteiger partial charge >= 0.3 is 0 Å². The summed E-state index contributed by atoms with van der Waals surface area (Å²) in [4.78, 5) is 0. The highest BCUT2D eigenvalue weighted by Crippen LogP contribution is 2.38. The van der Waals surface area contributed by atoms with Gasteiger partial charge in [-0.2, -0.15) is 4.57 Å². The standard InChI is InChI=1S/C30H20N/c1-2-8-20(9-3-1)21-14-15-23-22(16-21)18-31-19-29-27-13-7-5-11-25(27)24-10-4-6-12-26(24)28(29)17-30(23)31/h1-17,19H,18H2/q+1. The van der Waals surface area contributed by atoms with E-state index in [0.29, 0.717) is 0 Å². The average molecular weight is 394 g/mol. The first kappa shape index (κ1) is 16.8. The first-order valence-electron chi connectivity index (χ1n) is 10.8. The van der Waals surface area contributed by atoms with Crippen LogP contribution in [0.25, 0.3) is 54.7 Å². The number of fused-ring (bicyclic) bond motifs is 9. The van der Waals surface area contributed by atoms with Crippen molar-refractivity contribution in [3.63, 3.8) is 0 Å². The van der Waals surface area contributed by atoms with E-state index >= 15 is 0 Å². The van der Waals surface area contributed by atoms with Gasteiger partial charge in [-0.25, -0.2) is 0 Å². The molecule has 144 valence electrons. The van der Waals surface area contributed by atoms with Crippen molar-refractivity contribution in [1.29, 1.82) is 0 Å². The molecule has 0 saturated heterocycles. The minimum atomic E-state index is 0.919. The largest absolute Gasteiger partial charge is 0.213 e. The van der Waals surface area contributed by atoms with Gasteiger partial charge in [0.1, 0.15) is 0 Å². The smallest absolute Gasteiger partial charge is 0.193 e. The van der Waals surface area contributed by atoms with Crippen LogP contribution in [-0.2, 0) is 6.54 Å². The molecule has 0 spiro atoms. The van der Waals surface area contributed by atoms with Crippen molar-refractivity contribution in [2.45, 2.75) is 6.54 Å². The molecule has 0 radical (unpaired) electrons. The van der Waals surface area contributed by atoms with Gasteiger partial charge < -0.3 is 0 Å². The molecule has 1 aromatic heterocycles. The van der Waals surface area contributed by atoms with E-state index in [0.717, 1.165) is 6.54 Å². The summed E-state index contributed by atoms with van der Waals surface area (Å²) < 4.78 is 2.42. The Balaban J connectivity index is 1.51. The van der Waals surface area contributed by atoms with E-state index in [4.69, 9.17) is 0 Å². The van der Waals surface area contributed by atoms with Gasteiger partial charge in [0.05, 0.1) is 10.9 Å². The summed E-state index contributed by atoms with van der Waals surface area (Å²) in [6.07, 6.45) is 2.36. The van der Waals surface area contributed by atoms with Gasteiger partial charge in [0, 0.05) is 17.0 Å². The SMILES string of the molecule is c1ccc(-c2ccc3c(c2)C[n+]2cc4c5ccccc5c5ccccc5c4cc2-3)cc1. The molecule has 2 heterocycles. The van der Waals surface area contributed by atoms with Gasteiger partial charge in [-0.3, -0.25) is 0 Å². The molecular weight excluding hydrogens is 374 g/mol. The van der Waals surface area contributed by atoms with Crippen LogP contribution in [0.5, 0.6) is 0 Å². The predicted octanol–water partition coefficient (Wildman–Crippen LogP) is 7.13. The molecule has 0 saturated carbocycles. The maximum atomic E-state index is 2.42. The lowest BCUT2D eigenvalue weighted by Crippen LogP contribution is -2.31. The second-order valence-electron chi connectivity index (χ2n) is 8.44. The highest BCUT2D eigenvalue weighted by molar-refractivity contribution is 6.25. The highest BCUT2D eigenvalue weighted by atomic mass is 15.0. The third-order valence-corrected chi connectivity index (χ3v) is 6.72. The number of nitrogens with zero attached hydrogens (tertiary/aromatic N) is 1. The molecule has 0 N–H and O–H groups in total. The Kier molecular flexibility index (Phi) is 3.39. The monoisotopic (exact) mass is 394 g/mol. The predicted molar refractivity (Wildman–Crippen MR) is 129 cm³/mol. The van der Waals surface area contributed by atoms with E-state index in [1.54, 1.807) is 0 Å². The molecule has 0 aliphatic carbocycles. The number of rotatable bonds is 1. The zero-order valence-corrected chi connectivity index (χ0v) is 17.0. The molecular formula is C30H20N+. The average Bonchev–Trinajstić information content (AvgIpc) is 3.20.